The largest absolute Gasteiger partial charge is 0.396 e. The Balaban J connectivity index is 1.99. The predicted octanol–water partition coefficient (Wildman–Crippen LogP) is 2.37. The molecule has 1 fully saturated rings. The third-order valence-electron chi connectivity index (χ3n) is 4.17. The Bertz CT molecular complexity index is 522. The Labute approximate surface area is 137 Å². The Morgan fingerprint density at radius 1 is 1.48 bits per heavy atom. The van der Waals surface area contributed by atoms with E-state index in [1.165, 1.54) is 0 Å². The van der Waals surface area contributed by atoms with Gasteiger partial charge in [0.05, 0.1) is 0 Å². The van der Waals surface area contributed by atoms with Crippen LogP contribution in [0.4, 0.5) is 4.79 Å². The third-order valence-corrected chi connectivity index (χ3v) is 4.17. The highest BCUT2D eigenvalue weighted by Crippen LogP contribution is 2.22. The van der Waals surface area contributed by atoms with Gasteiger partial charge >= 0.3 is 6.03 Å². The van der Waals surface area contributed by atoms with Crippen molar-refractivity contribution in [3.63, 3.8) is 0 Å². The minimum atomic E-state index is -0.345. The van der Waals surface area contributed by atoms with Crippen molar-refractivity contribution in [2.75, 3.05) is 13.2 Å². The molecule has 1 aliphatic heterocycles. The zero-order valence-corrected chi connectivity index (χ0v) is 14.5. The van der Waals surface area contributed by atoms with E-state index in [1.54, 1.807) is 0 Å². The molecule has 1 aliphatic rings. The third kappa shape index (κ3) is 4.43. The number of hydrogen-bond acceptors (Lipinski definition) is 5. The minimum Gasteiger partial charge on any atom is -0.396 e. The van der Waals surface area contributed by atoms with E-state index in [9.17, 15) is 4.79 Å². The second-order valence-corrected chi connectivity index (χ2v) is 7.23. The monoisotopic (exact) mass is 324 g/mol. The molecule has 0 saturated carbocycles. The van der Waals surface area contributed by atoms with Gasteiger partial charge in [0.2, 0.25) is 5.89 Å². The first kappa shape index (κ1) is 17.7. The number of piperidine rings is 1. The number of amides is 2. The van der Waals surface area contributed by atoms with Crippen molar-refractivity contribution in [1.82, 2.24) is 20.4 Å². The zero-order chi connectivity index (χ0) is 17.0. The van der Waals surface area contributed by atoms with Crippen molar-refractivity contribution in [2.24, 2.45) is 0 Å². The van der Waals surface area contributed by atoms with Gasteiger partial charge in [-0.25, -0.2) is 4.79 Å². The van der Waals surface area contributed by atoms with Crippen molar-refractivity contribution < 1.29 is 14.4 Å². The number of carbonyl (C=O) groups excluding carboxylic acids is 1. The fraction of sp³-hybridized carbons (Fsp3) is 0.812. The molecule has 0 aliphatic carbocycles. The summed E-state index contributed by atoms with van der Waals surface area (Å²) >= 11 is 0. The summed E-state index contributed by atoms with van der Waals surface area (Å²) in [5.74, 6) is 1.05. The van der Waals surface area contributed by atoms with E-state index in [-0.39, 0.29) is 30.1 Å². The molecule has 0 aromatic carbocycles. The van der Waals surface area contributed by atoms with Crippen molar-refractivity contribution in [1.29, 1.82) is 0 Å². The average molecular weight is 324 g/mol. The van der Waals surface area contributed by atoms with Crippen LogP contribution in [0.15, 0.2) is 4.52 Å². The molecule has 2 heterocycles. The van der Waals surface area contributed by atoms with Crippen LogP contribution in [0.25, 0.3) is 0 Å². The van der Waals surface area contributed by atoms with Gasteiger partial charge in [-0.15, -0.1) is 0 Å². The topological polar surface area (TPSA) is 91.5 Å². The van der Waals surface area contributed by atoms with E-state index >= 15 is 0 Å². The number of hydrogen-bond donors (Lipinski definition) is 2. The van der Waals surface area contributed by atoms with Gasteiger partial charge in [-0.05, 0) is 32.6 Å². The summed E-state index contributed by atoms with van der Waals surface area (Å²) in [6.07, 6.45) is 3.66. The Morgan fingerprint density at radius 2 is 2.22 bits per heavy atom. The summed E-state index contributed by atoms with van der Waals surface area (Å²) in [4.78, 5) is 18.7. The molecule has 0 spiro atoms. The summed E-state index contributed by atoms with van der Waals surface area (Å²) < 4.78 is 5.28. The van der Waals surface area contributed by atoms with Crippen LogP contribution >= 0.6 is 0 Å². The number of carbonyl (C=O) groups is 1. The quantitative estimate of drug-likeness (QED) is 0.887. The molecule has 7 heteroatoms. The average Bonchev–Trinajstić information content (AvgIpc) is 2.98. The van der Waals surface area contributed by atoms with Gasteiger partial charge in [-0.2, -0.15) is 4.98 Å². The van der Waals surface area contributed by atoms with Crippen LogP contribution in [0.2, 0.25) is 0 Å². The van der Waals surface area contributed by atoms with E-state index in [0.717, 1.165) is 25.8 Å². The number of aliphatic hydroxyl groups excluding tert-OH is 1. The maximum absolute atomic E-state index is 12.5. The molecular formula is C16H28N4O3. The van der Waals surface area contributed by atoms with E-state index < -0.39 is 0 Å². The van der Waals surface area contributed by atoms with Gasteiger partial charge < -0.3 is 19.8 Å². The molecular weight excluding hydrogens is 296 g/mol. The highest BCUT2D eigenvalue weighted by molar-refractivity contribution is 5.75. The lowest BCUT2D eigenvalue weighted by Crippen LogP contribution is -2.49. The summed E-state index contributed by atoms with van der Waals surface area (Å²) in [6, 6.07) is -0.372. The molecule has 2 unspecified atom stereocenters. The minimum absolute atomic E-state index is 0.0998. The highest BCUT2D eigenvalue weighted by atomic mass is 16.5. The smallest absolute Gasteiger partial charge is 0.318 e. The van der Waals surface area contributed by atoms with Gasteiger partial charge in [-0.1, -0.05) is 25.9 Å². The van der Waals surface area contributed by atoms with Crippen LogP contribution < -0.4 is 5.32 Å². The van der Waals surface area contributed by atoms with Crippen LogP contribution in [0, 0.1) is 0 Å². The lowest BCUT2D eigenvalue weighted by atomic mass is 9.96. The van der Waals surface area contributed by atoms with Crippen LogP contribution in [-0.4, -0.2) is 45.4 Å². The van der Waals surface area contributed by atoms with Crippen LogP contribution in [0.1, 0.15) is 71.1 Å². The van der Waals surface area contributed by atoms with E-state index in [4.69, 9.17) is 9.63 Å². The lowest BCUT2D eigenvalue weighted by Gasteiger charge is -2.36. The number of aromatic nitrogens is 2. The molecule has 0 radical (unpaired) electrons. The van der Waals surface area contributed by atoms with Crippen molar-refractivity contribution in [3.8, 4) is 0 Å². The number of nitrogens with zero attached hydrogens (tertiary/aromatic N) is 3. The maximum Gasteiger partial charge on any atom is 0.318 e. The number of urea groups is 1. The van der Waals surface area contributed by atoms with Gasteiger partial charge in [0, 0.05) is 24.6 Å². The fourth-order valence-electron chi connectivity index (χ4n) is 2.76. The van der Waals surface area contributed by atoms with E-state index in [0.29, 0.717) is 18.1 Å². The molecule has 0 bridgehead atoms. The number of nitrogens with one attached hydrogen (secondary N) is 1. The van der Waals surface area contributed by atoms with E-state index in [1.807, 2.05) is 32.6 Å². The fourth-order valence-corrected chi connectivity index (χ4v) is 2.76. The number of likely N-dealkylation sites (tertiary alicyclic amines) is 1. The highest BCUT2D eigenvalue weighted by Gasteiger charge is 2.29. The van der Waals surface area contributed by atoms with Gasteiger partial charge in [0.15, 0.2) is 5.82 Å². The van der Waals surface area contributed by atoms with Gasteiger partial charge in [0.1, 0.15) is 6.04 Å². The summed E-state index contributed by atoms with van der Waals surface area (Å²) in [6.45, 7) is 8.69. The summed E-state index contributed by atoms with van der Waals surface area (Å²) in [5.41, 5.74) is -0.190. The Kier molecular flexibility index (Phi) is 5.62. The van der Waals surface area contributed by atoms with Crippen molar-refractivity contribution >= 4 is 6.03 Å². The Hall–Kier alpha value is -1.63. The second kappa shape index (κ2) is 7.29. The first-order chi connectivity index (χ1) is 10.8. The summed E-state index contributed by atoms with van der Waals surface area (Å²) in [5, 5.41) is 16.1. The van der Waals surface area contributed by atoms with Gasteiger partial charge in [0.25, 0.3) is 0 Å². The molecule has 2 amide bonds. The molecule has 130 valence electrons. The molecule has 1 aromatic heterocycles. The van der Waals surface area contributed by atoms with Crippen LogP contribution in [0.3, 0.4) is 0 Å². The first-order valence-corrected chi connectivity index (χ1v) is 8.35. The molecule has 7 nitrogen and oxygen atoms in total. The molecule has 2 N–H and O–H groups in total. The molecule has 1 aromatic rings. The normalized spacial score (nSPS) is 20.4. The van der Waals surface area contributed by atoms with Crippen molar-refractivity contribution in [3.05, 3.63) is 11.7 Å². The number of rotatable bonds is 4. The Morgan fingerprint density at radius 3 is 2.83 bits per heavy atom. The number of aliphatic hydroxyl groups is 1. The standard InChI is InChI=1S/C16H28N4O3/c1-11(13-18-14(19-23-13)16(2,3)4)17-15(22)20-9-6-5-7-12(20)8-10-21/h11-12,21H,5-10H2,1-4H3,(H,17,22). The van der Waals surface area contributed by atoms with Gasteiger partial charge in [-0.3, -0.25) is 0 Å². The molecule has 23 heavy (non-hydrogen) atoms. The predicted molar refractivity (Wildman–Crippen MR) is 86.0 cm³/mol. The molecule has 1 saturated heterocycles. The maximum atomic E-state index is 12.5. The SMILES string of the molecule is CC(NC(=O)N1CCCCC1CCO)c1nc(C(C)(C)C)no1. The molecule has 2 rings (SSSR count). The van der Waals surface area contributed by atoms with E-state index in [2.05, 4.69) is 15.5 Å². The lowest BCUT2D eigenvalue weighted by molar-refractivity contribution is 0.128. The van der Waals surface area contributed by atoms with Crippen molar-refractivity contribution in [2.45, 2.75) is 70.9 Å². The molecule has 2 atom stereocenters. The first-order valence-electron chi connectivity index (χ1n) is 8.35. The zero-order valence-electron chi connectivity index (χ0n) is 14.5. The summed E-state index contributed by atoms with van der Waals surface area (Å²) in [7, 11) is 0. The van der Waals surface area contributed by atoms with Crippen LogP contribution in [-0.2, 0) is 5.41 Å². The second-order valence-electron chi connectivity index (χ2n) is 7.23. The van der Waals surface area contributed by atoms with Crippen LogP contribution in [0.5, 0.6) is 0 Å².